The summed E-state index contributed by atoms with van der Waals surface area (Å²) in [4.78, 5) is 27.8. The van der Waals surface area contributed by atoms with Gasteiger partial charge in [0, 0.05) is 25.2 Å². The lowest BCUT2D eigenvalue weighted by Gasteiger charge is -2.32. The van der Waals surface area contributed by atoms with Crippen LogP contribution in [0.3, 0.4) is 0 Å². The first kappa shape index (κ1) is 16.4. The van der Waals surface area contributed by atoms with E-state index in [1.54, 1.807) is 4.90 Å². The van der Waals surface area contributed by atoms with Gasteiger partial charge in [0.05, 0.1) is 0 Å². The standard InChI is InChI=1S/C15H25ClN2O3/c1-15(2,3)21-14(20)18(11-6-7-11)10-12-5-4-8-17(12)13(19)9-16/h11-12H,4-10H2,1-3H3. The maximum atomic E-state index is 12.3. The number of carbonyl (C=O) groups excluding carboxylic acids is 2. The largest absolute Gasteiger partial charge is 0.444 e. The molecule has 0 bridgehead atoms. The molecule has 21 heavy (non-hydrogen) atoms. The minimum absolute atomic E-state index is 0.00632. The van der Waals surface area contributed by atoms with Crippen molar-refractivity contribution >= 4 is 23.6 Å². The molecule has 2 rings (SSSR count). The predicted molar refractivity (Wildman–Crippen MR) is 81.4 cm³/mol. The summed E-state index contributed by atoms with van der Waals surface area (Å²) in [6.07, 6.45) is 3.68. The van der Waals surface area contributed by atoms with Crippen LogP contribution in [0.25, 0.3) is 0 Å². The van der Waals surface area contributed by atoms with Gasteiger partial charge in [0.25, 0.3) is 0 Å². The van der Waals surface area contributed by atoms with Crippen LogP contribution < -0.4 is 0 Å². The van der Waals surface area contributed by atoms with E-state index in [1.807, 2.05) is 25.7 Å². The highest BCUT2D eigenvalue weighted by Gasteiger charge is 2.39. The quantitative estimate of drug-likeness (QED) is 0.749. The van der Waals surface area contributed by atoms with E-state index in [4.69, 9.17) is 16.3 Å². The summed E-state index contributed by atoms with van der Waals surface area (Å²) in [7, 11) is 0. The molecule has 1 aliphatic carbocycles. The van der Waals surface area contributed by atoms with Gasteiger partial charge in [-0.25, -0.2) is 4.79 Å². The Kier molecular flexibility index (Phi) is 5.02. The van der Waals surface area contributed by atoms with Crippen LogP contribution in [0.1, 0.15) is 46.5 Å². The van der Waals surface area contributed by atoms with Gasteiger partial charge in [-0.3, -0.25) is 4.79 Å². The number of likely N-dealkylation sites (tertiary alicyclic amines) is 1. The SMILES string of the molecule is CC(C)(C)OC(=O)N(CC1CCCN1C(=O)CCl)C1CC1. The molecule has 6 heteroatoms. The Morgan fingerprint density at radius 3 is 2.48 bits per heavy atom. The van der Waals surface area contributed by atoms with Gasteiger partial charge in [-0.15, -0.1) is 11.6 Å². The van der Waals surface area contributed by atoms with Crippen molar-refractivity contribution in [1.29, 1.82) is 0 Å². The predicted octanol–water partition coefficient (Wildman–Crippen LogP) is 2.62. The summed E-state index contributed by atoms with van der Waals surface area (Å²) < 4.78 is 5.49. The first-order valence-electron chi connectivity index (χ1n) is 7.67. The minimum Gasteiger partial charge on any atom is -0.444 e. The van der Waals surface area contributed by atoms with E-state index in [-0.39, 0.29) is 30.0 Å². The molecule has 1 unspecified atom stereocenters. The summed E-state index contributed by atoms with van der Waals surface area (Å²) in [5.74, 6) is -0.0362. The second-order valence-electron chi connectivity index (χ2n) is 6.88. The summed E-state index contributed by atoms with van der Waals surface area (Å²) in [5.41, 5.74) is -0.494. The summed E-state index contributed by atoms with van der Waals surface area (Å²) in [6, 6.07) is 0.345. The number of halogens is 1. The van der Waals surface area contributed by atoms with Crippen LogP contribution >= 0.6 is 11.6 Å². The topological polar surface area (TPSA) is 49.9 Å². The minimum atomic E-state index is -0.494. The monoisotopic (exact) mass is 316 g/mol. The molecular weight excluding hydrogens is 292 g/mol. The summed E-state index contributed by atoms with van der Waals surface area (Å²) in [5, 5.41) is 0. The second-order valence-corrected chi connectivity index (χ2v) is 7.15. The molecule has 1 saturated carbocycles. The maximum absolute atomic E-state index is 12.3. The van der Waals surface area contributed by atoms with Crippen molar-refractivity contribution in [2.24, 2.45) is 0 Å². The Bertz CT molecular complexity index is 404. The molecule has 5 nitrogen and oxygen atoms in total. The second kappa shape index (κ2) is 6.42. The van der Waals surface area contributed by atoms with E-state index in [0.29, 0.717) is 6.54 Å². The first-order valence-corrected chi connectivity index (χ1v) is 8.20. The average Bonchev–Trinajstić information content (AvgIpc) is 3.11. The fourth-order valence-electron chi connectivity index (χ4n) is 2.74. The number of hydrogen-bond donors (Lipinski definition) is 0. The van der Waals surface area contributed by atoms with E-state index >= 15 is 0 Å². The molecule has 2 amide bonds. The van der Waals surface area contributed by atoms with Gasteiger partial charge in [-0.1, -0.05) is 0 Å². The Hall–Kier alpha value is -0.970. The van der Waals surface area contributed by atoms with E-state index in [9.17, 15) is 9.59 Å². The number of amides is 2. The van der Waals surface area contributed by atoms with Crippen LogP contribution in [0.15, 0.2) is 0 Å². The first-order chi connectivity index (χ1) is 9.81. The van der Waals surface area contributed by atoms with Crippen molar-refractivity contribution in [1.82, 2.24) is 9.80 Å². The van der Waals surface area contributed by atoms with Crippen LogP contribution in [0.4, 0.5) is 4.79 Å². The molecule has 0 spiro atoms. The lowest BCUT2D eigenvalue weighted by Crippen LogP contribution is -2.47. The van der Waals surface area contributed by atoms with Crippen LogP contribution in [-0.2, 0) is 9.53 Å². The van der Waals surface area contributed by atoms with Gasteiger partial charge in [0.1, 0.15) is 11.5 Å². The van der Waals surface area contributed by atoms with Crippen molar-refractivity contribution in [3.05, 3.63) is 0 Å². The average molecular weight is 317 g/mol. The molecule has 0 aromatic heterocycles. The highest BCUT2D eigenvalue weighted by atomic mass is 35.5. The van der Waals surface area contributed by atoms with Crippen LogP contribution in [0.2, 0.25) is 0 Å². The third-order valence-electron chi connectivity index (χ3n) is 3.83. The fourth-order valence-corrected chi connectivity index (χ4v) is 2.89. The zero-order chi connectivity index (χ0) is 15.6. The molecule has 1 heterocycles. The van der Waals surface area contributed by atoms with E-state index in [0.717, 1.165) is 32.2 Å². The van der Waals surface area contributed by atoms with Crippen molar-refractivity contribution in [2.45, 2.75) is 64.1 Å². The number of nitrogens with zero attached hydrogens (tertiary/aromatic N) is 2. The Labute approximate surface area is 131 Å². The van der Waals surface area contributed by atoms with Crippen molar-refractivity contribution < 1.29 is 14.3 Å². The van der Waals surface area contributed by atoms with Crippen molar-refractivity contribution in [2.75, 3.05) is 19.0 Å². The Morgan fingerprint density at radius 2 is 1.95 bits per heavy atom. The molecule has 1 saturated heterocycles. The van der Waals surface area contributed by atoms with Crippen LogP contribution in [-0.4, -0.2) is 58.5 Å². The van der Waals surface area contributed by atoms with Gasteiger partial charge in [0.15, 0.2) is 0 Å². The van der Waals surface area contributed by atoms with E-state index < -0.39 is 5.60 Å². The molecule has 0 N–H and O–H groups in total. The normalized spacial score (nSPS) is 22.3. The van der Waals surface area contributed by atoms with Gasteiger partial charge >= 0.3 is 6.09 Å². The molecule has 0 radical (unpaired) electrons. The molecule has 120 valence electrons. The third-order valence-corrected chi connectivity index (χ3v) is 4.06. The molecule has 1 aliphatic heterocycles. The van der Waals surface area contributed by atoms with Crippen molar-refractivity contribution in [3.8, 4) is 0 Å². The third kappa shape index (κ3) is 4.50. The Balaban J connectivity index is 1.99. The lowest BCUT2D eigenvalue weighted by atomic mass is 10.2. The number of hydrogen-bond acceptors (Lipinski definition) is 3. The molecule has 0 aromatic rings. The van der Waals surface area contributed by atoms with Gasteiger partial charge < -0.3 is 14.5 Å². The molecular formula is C15H25ClN2O3. The molecule has 1 atom stereocenters. The van der Waals surface area contributed by atoms with Crippen molar-refractivity contribution in [3.63, 3.8) is 0 Å². The van der Waals surface area contributed by atoms with E-state index in [1.165, 1.54) is 0 Å². The highest BCUT2D eigenvalue weighted by molar-refractivity contribution is 6.27. The van der Waals surface area contributed by atoms with Crippen LogP contribution in [0.5, 0.6) is 0 Å². The van der Waals surface area contributed by atoms with Gasteiger partial charge in [0.2, 0.25) is 5.91 Å². The highest BCUT2D eigenvalue weighted by Crippen LogP contribution is 2.30. The summed E-state index contributed by atoms with van der Waals surface area (Å²) >= 11 is 5.66. The van der Waals surface area contributed by atoms with E-state index in [2.05, 4.69) is 0 Å². The van der Waals surface area contributed by atoms with Crippen LogP contribution in [0, 0.1) is 0 Å². The van der Waals surface area contributed by atoms with Gasteiger partial charge in [-0.05, 0) is 46.5 Å². The molecule has 2 aliphatic rings. The number of rotatable bonds is 4. The van der Waals surface area contributed by atoms with Gasteiger partial charge in [-0.2, -0.15) is 0 Å². The maximum Gasteiger partial charge on any atom is 0.410 e. The summed E-state index contributed by atoms with van der Waals surface area (Å²) in [6.45, 7) is 6.91. The number of ether oxygens (including phenoxy) is 1. The number of carbonyl (C=O) groups is 2. The zero-order valence-electron chi connectivity index (χ0n) is 13.1. The lowest BCUT2D eigenvalue weighted by molar-refractivity contribution is -0.129. The molecule has 2 fully saturated rings. The Morgan fingerprint density at radius 1 is 1.29 bits per heavy atom. The fraction of sp³-hybridized carbons (Fsp3) is 0.867. The zero-order valence-corrected chi connectivity index (χ0v) is 13.9. The molecule has 0 aromatic carbocycles. The smallest absolute Gasteiger partial charge is 0.410 e. The number of alkyl halides is 1.